The lowest BCUT2D eigenvalue weighted by Gasteiger charge is -2.09. The molecule has 0 spiro atoms. The number of benzene rings is 1. The predicted molar refractivity (Wildman–Crippen MR) is 97.5 cm³/mol. The number of rotatable bonds is 5. The Bertz CT molecular complexity index is 652. The van der Waals surface area contributed by atoms with Gasteiger partial charge in [0.05, 0.1) is 24.5 Å². The van der Waals surface area contributed by atoms with Crippen LogP contribution >= 0.6 is 12.4 Å². The second-order valence-electron chi connectivity index (χ2n) is 6.15. The molecule has 128 valence electrons. The second-order valence-corrected chi connectivity index (χ2v) is 6.15. The van der Waals surface area contributed by atoms with Crippen molar-refractivity contribution in [1.82, 2.24) is 15.3 Å². The predicted octanol–water partition coefficient (Wildman–Crippen LogP) is 2.54. The van der Waals surface area contributed by atoms with Gasteiger partial charge in [0, 0.05) is 0 Å². The van der Waals surface area contributed by atoms with E-state index in [1.54, 1.807) is 12.4 Å². The highest BCUT2D eigenvalue weighted by Gasteiger charge is 2.14. The molecule has 24 heavy (non-hydrogen) atoms. The molecule has 0 radical (unpaired) electrons. The van der Waals surface area contributed by atoms with Crippen LogP contribution in [0, 0.1) is 12.8 Å². The van der Waals surface area contributed by atoms with E-state index < -0.39 is 0 Å². The first-order chi connectivity index (χ1) is 11.2. The molecule has 1 aliphatic heterocycles. The van der Waals surface area contributed by atoms with Gasteiger partial charge in [-0.05, 0) is 49.9 Å². The number of aryl methyl sites for hydroxylation is 1. The summed E-state index contributed by atoms with van der Waals surface area (Å²) in [6.07, 6.45) is 5.93. The number of nitrogens with one attached hydrogen (secondary N) is 2. The number of amides is 1. The second kappa shape index (κ2) is 8.76. The summed E-state index contributed by atoms with van der Waals surface area (Å²) in [6.45, 7) is 4.11. The Morgan fingerprint density at radius 1 is 1.21 bits per heavy atom. The molecule has 1 unspecified atom stereocenters. The van der Waals surface area contributed by atoms with E-state index in [1.807, 2.05) is 19.1 Å². The lowest BCUT2D eigenvalue weighted by atomic mass is 9.97. The minimum Gasteiger partial charge on any atom is -0.316 e. The first-order valence-electron chi connectivity index (χ1n) is 8.06. The third kappa shape index (κ3) is 5.28. The van der Waals surface area contributed by atoms with Crippen LogP contribution in [-0.2, 0) is 17.6 Å². The Morgan fingerprint density at radius 3 is 2.58 bits per heavy atom. The van der Waals surface area contributed by atoms with E-state index in [-0.39, 0.29) is 18.3 Å². The van der Waals surface area contributed by atoms with Gasteiger partial charge in [-0.1, -0.05) is 24.3 Å². The number of hydrogen-bond acceptors (Lipinski definition) is 4. The van der Waals surface area contributed by atoms with Gasteiger partial charge in [-0.25, -0.2) is 4.98 Å². The topological polar surface area (TPSA) is 66.9 Å². The molecule has 0 saturated carbocycles. The molecule has 1 fully saturated rings. The van der Waals surface area contributed by atoms with Gasteiger partial charge in [0.15, 0.2) is 5.82 Å². The molecule has 1 saturated heterocycles. The summed E-state index contributed by atoms with van der Waals surface area (Å²) in [5.74, 6) is 1.16. The summed E-state index contributed by atoms with van der Waals surface area (Å²) in [4.78, 5) is 20.3. The van der Waals surface area contributed by atoms with Crippen molar-refractivity contribution < 1.29 is 4.79 Å². The third-order valence-electron chi connectivity index (χ3n) is 4.12. The summed E-state index contributed by atoms with van der Waals surface area (Å²) < 4.78 is 0. The number of aromatic nitrogens is 2. The largest absolute Gasteiger partial charge is 0.316 e. The molecule has 1 aromatic heterocycles. The molecule has 1 amide bonds. The Balaban J connectivity index is 0.00000208. The number of anilines is 1. The zero-order valence-corrected chi connectivity index (χ0v) is 14.6. The van der Waals surface area contributed by atoms with Gasteiger partial charge in [-0.15, -0.1) is 12.4 Å². The molecule has 2 N–H and O–H groups in total. The standard InChI is InChI=1S/C18H22N4O.ClH/c1-13-10-21-17(12-20-13)22-18(23)9-15-4-2-14(3-5-15)8-16-6-7-19-11-16;/h2-5,10,12,16,19H,6-9,11H2,1H3,(H,21,22,23);1H. The first-order valence-corrected chi connectivity index (χ1v) is 8.06. The number of halogens is 1. The molecule has 5 nitrogen and oxygen atoms in total. The van der Waals surface area contributed by atoms with E-state index in [0.29, 0.717) is 12.2 Å². The Kier molecular flexibility index (Phi) is 6.70. The molecule has 0 aliphatic carbocycles. The molecule has 3 rings (SSSR count). The van der Waals surface area contributed by atoms with Gasteiger partial charge in [0.2, 0.25) is 5.91 Å². The fourth-order valence-corrected chi connectivity index (χ4v) is 2.84. The fraction of sp³-hybridized carbons (Fsp3) is 0.389. The summed E-state index contributed by atoms with van der Waals surface area (Å²) in [5, 5.41) is 6.16. The highest BCUT2D eigenvalue weighted by Crippen LogP contribution is 2.16. The van der Waals surface area contributed by atoms with Gasteiger partial charge < -0.3 is 10.6 Å². The van der Waals surface area contributed by atoms with Crippen molar-refractivity contribution in [3.63, 3.8) is 0 Å². The minimum atomic E-state index is -0.0732. The first kappa shape index (κ1) is 18.4. The highest BCUT2D eigenvalue weighted by atomic mass is 35.5. The van der Waals surface area contributed by atoms with Crippen molar-refractivity contribution >= 4 is 24.1 Å². The highest BCUT2D eigenvalue weighted by molar-refractivity contribution is 5.91. The van der Waals surface area contributed by atoms with E-state index in [4.69, 9.17) is 0 Å². The monoisotopic (exact) mass is 346 g/mol. The van der Waals surface area contributed by atoms with Crippen LogP contribution in [0.3, 0.4) is 0 Å². The van der Waals surface area contributed by atoms with Gasteiger partial charge >= 0.3 is 0 Å². The van der Waals surface area contributed by atoms with Crippen LogP contribution in [0.1, 0.15) is 23.2 Å². The zero-order valence-electron chi connectivity index (χ0n) is 13.8. The van der Waals surface area contributed by atoms with Crippen LogP contribution in [0.2, 0.25) is 0 Å². The number of carbonyl (C=O) groups is 1. The van der Waals surface area contributed by atoms with Crippen molar-refractivity contribution in [3.05, 3.63) is 53.5 Å². The summed E-state index contributed by atoms with van der Waals surface area (Å²) >= 11 is 0. The van der Waals surface area contributed by atoms with Crippen molar-refractivity contribution in [2.75, 3.05) is 18.4 Å². The maximum absolute atomic E-state index is 12.0. The lowest BCUT2D eigenvalue weighted by molar-refractivity contribution is -0.115. The van der Waals surface area contributed by atoms with Crippen LogP contribution in [0.4, 0.5) is 5.82 Å². The van der Waals surface area contributed by atoms with Gasteiger partial charge in [0.25, 0.3) is 0 Å². The quantitative estimate of drug-likeness (QED) is 0.873. The SMILES string of the molecule is Cc1cnc(NC(=O)Cc2ccc(CC3CCNC3)cc2)cn1.Cl. The Labute approximate surface area is 148 Å². The van der Waals surface area contributed by atoms with Gasteiger partial charge in [-0.3, -0.25) is 9.78 Å². The van der Waals surface area contributed by atoms with Gasteiger partial charge in [-0.2, -0.15) is 0 Å². The van der Waals surface area contributed by atoms with E-state index in [9.17, 15) is 4.79 Å². The van der Waals surface area contributed by atoms with Crippen molar-refractivity contribution in [1.29, 1.82) is 0 Å². The van der Waals surface area contributed by atoms with E-state index >= 15 is 0 Å². The van der Waals surface area contributed by atoms with Crippen molar-refractivity contribution in [2.24, 2.45) is 5.92 Å². The van der Waals surface area contributed by atoms with Crippen LogP contribution < -0.4 is 10.6 Å². The van der Waals surface area contributed by atoms with Crippen molar-refractivity contribution in [2.45, 2.75) is 26.2 Å². The van der Waals surface area contributed by atoms with Crippen LogP contribution in [0.15, 0.2) is 36.7 Å². The van der Waals surface area contributed by atoms with E-state index in [1.165, 1.54) is 12.0 Å². The molecule has 2 aromatic rings. The smallest absolute Gasteiger partial charge is 0.229 e. The summed E-state index contributed by atoms with van der Waals surface area (Å²) in [6, 6.07) is 8.34. The molecular formula is C18H23ClN4O. The average molecular weight is 347 g/mol. The Morgan fingerprint density at radius 2 is 1.96 bits per heavy atom. The van der Waals surface area contributed by atoms with Crippen LogP contribution in [-0.4, -0.2) is 29.0 Å². The molecule has 0 bridgehead atoms. The van der Waals surface area contributed by atoms with E-state index in [0.717, 1.165) is 36.7 Å². The molecule has 1 atom stereocenters. The molecule has 1 aliphatic rings. The molecule has 1 aromatic carbocycles. The number of carbonyl (C=O) groups excluding carboxylic acids is 1. The van der Waals surface area contributed by atoms with Crippen LogP contribution in [0.5, 0.6) is 0 Å². The number of nitrogens with zero attached hydrogens (tertiary/aromatic N) is 2. The van der Waals surface area contributed by atoms with Gasteiger partial charge in [0.1, 0.15) is 0 Å². The van der Waals surface area contributed by atoms with E-state index in [2.05, 4.69) is 32.7 Å². The molecule has 6 heteroatoms. The van der Waals surface area contributed by atoms with Crippen LogP contribution in [0.25, 0.3) is 0 Å². The third-order valence-corrected chi connectivity index (χ3v) is 4.12. The minimum absolute atomic E-state index is 0. The lowest BCUT2D eigenvalue weighted by Crippen LogP contribution is -2.15. The molecule has 2 heterocycles. The maximum atomic E-state index is 12.0. The summed E-state index contributed by atoms with van der Waals surface area (Å²) in [5.41, 5.74) is 3.18. The molecular weight excluding hydrogens is 324 g/mol. The Hall–Kier alpha value is -1.98. The maximum Gasteiger partial charge on any atom is 0.229 e. The summed E-state index contributed by atoms with van der Waals surface area (Å²) in [7, 11) is 0. The average Bonchev–Trinajstić information content (AvgIpc) is 3.04. The zero-order chi connectivity index (χ0) is 16.1. The number of hydrogen-bond donors (Lipinski definition) is 2. The normalized spacial score (nSPS) is 16.5. The fourth-order valence-electron chi connectivity index (χ4n) is 2.84. The van der Waals surface area contributed by atoms with Crippen molar-refractivity contribution in [3.8, 4) is 0 Å².